The first-order chi connectivity index (χ1) is 8.49. The van der Waals surface area contributed by atoms with E-state index in [0.717, 1.165) is 5.69 Å². The Bertz CT molecular complexity index is 619. The maximum atomic E-state index is 12.0. The number of benzene rings is 1. The van der Waals surface area contributed by atoms with Gasteiger partial charge in [0.15, 0.2) is 0 Å². The lowest BCUT2D eigenvalue weighted by Gasteiger charge is -2.14. The number of anilines is 2. The van der Waals surface area contributed by atoms with Crippen molar-refractivity contribution in [2.24, 2.45) is 0 Å². The second kappa shape index (κ2) is 4.99. The molecule has 2 aromatic rings. The van der Waals surface area contributed by atoms with Gasteiger partial charge in [-0.3, -0.25) is 4.72 Å². The Morgan fingerprint density at radius 1 is 1.17 bits per heavy atom. The summed E-state index contributed by atoms with van der Waals surface area (Å²) >= 11 is 1.20. The molecule has 4 nitrogen and oxygen atoms in total. The van der Waals surface area contributed by atoms with Crippen molar-refractivity contribution in [1.82, 2.24) is 0 Å². The van der Waals surface area contributed by atoms with Gasteiger partial charge in [-0.25, -0.2) is 8.42 Å². The van der Waals surface area contributed by atoms with Gasteiger partial charge in [0.2, 0.25) is 0 Å². The Labute approximate surface area is 111 Å². The van der Waals surface area contributed by atoms with E-state index in [1.807, 2.05) is 31.1 Å². The fourth-order valence-electron chi connectivity index (χ4n) is 1.47. The van der Waals surface area contributed by atoms with Crippen molar-refractivity contribution >= 4 is 32.7 Å². The number of nitrogens with zero attached hydrogens (tertiary/aromatic N) is 1. The van der Waals surface area contributed by atoms with E-state index < -0.39 is 10.0 Å². The molecule has 2 rings (SSSR count). The van der Waals surface area contributed by atoms with E-state index in [1.165, 1.54) is 11.3 Å². The molecule has 0 fully saturated rings. The Hall–Kier alpha value is -1.53. The highest BCUT2D eigenvalue weighted by atomic mass is 32.2. The molecule has 0 amide bonds. The van der Waals surface area contributed by atoms with Crippen molar-refractivity contribution in [1.29, 1.82) is 0 Å². The smallest absolute Gasteiger partial charge is 0.271 e. The molecule has 1 N–H and O–H groups in total. The molecule has 0 aliphatic carbocycles. The molecule has 1 aromatic heterocycles. The molecule has 96 valence electrons. The van der Waals surface area contributed by atoms with Crippen molar-refractivity contribution in [3.05, 3.63) is 41.8 Å². The first-order valence-electron chi connectivity index (χ1n) is 5.33. The van der Waals surface area contributed by atoms with Gasteiger partial charge in [0.1, 0.15) is 4.21 Å². The molecule has 0 bridgehead atoms. The van der Waals surface area contributed by atoms with Crippen LogP contribution < -0.4 is 9.62 Å². The molecule has 0 aliphatic heterocycles. The van der Waals surface area contributed by atoms with Crippen LogP contribution in [0, 0.1) is 0 Å². The standard InChI is InChI=1S/C12H14N2O2S2/c1-14(2)11-6-3-5-10(9-11)13-18(15,16)12-7-4-8-17-12/h3-9,13H,1-2H3. The van der Waals surface area contributed by atoms with E-state index in [0.29, 0.717) is 9.90 Å². The van der Waals surface area contributed by atoms with Crippen LogP contribution in [0.3, 0.4) is 0 Å². The van der Waals surface area contributed by atoms with Gasteiger partial charge in [-0.2, -0.15) is 0 Å². The molecule has 0 spiro atoms. The van der Waals surface area contributed by atoms with Crippen LogP contribution >= 0.6 is 11.3 Å². The third-order valence-corrected chi connectivity index (χ3v) is 5.15. The molecule has 1 aromatic carbocycles. The lowest BCUT2D eigenvalue weighted by atomic mass is 10.3. The topological polar surface area (TPSA) is 49.4 Å². The largest absolute Gasteiger partial charge is 0.378 e. The van der Waals surface area contributed by atoms with Crippen LogP contribution in [0.5, 0.6) is 0 Å². The lowest BCUT2D eigenvalue weighted by Crippen LogP contribution is -2.13. The number of hydrogen-bond donors (Lipinski definition) is 1. The SMILES string of the molecule is CN(C)c1cccc(NS(=O)(=O)c2cccs2)c1. The number of sulfonamides is 1. The van der Waals surface area contributed by atoms with Crippen molar-refractivity contribution in [2.45, 2.75) is 4.21 Å². The van der Waals surface area contributed by atoms with Crippen molar-refractivity contribution in [2.75, 3.05) is 23.7 Å². The summed E-state index contributed by atoms with van der Waals surface area (Å²) in [5.74, 6) is 0. The number of nitrogens with one attached hydrogen (secondary N) is 1. The van der Waals surface area contributed by atoms with Crippen molar-refractivity contribution in [3.8, 4) is 0 Å². The summed E-state index contributed by atoms with van der Waals surface area (Å²) < 4.78 is 26.9. The normalized spacial score (nSPS) is 11.2. The molecule has 0 atom stereocenters. The highest BCUT2D eigenvalue weighted by Gasteiger charge is 2.15. The average molecular weight is 282 g/mol. The average Bonchev–Trinajstić information content (AvgIpc) is 2.82. The molecule has 0 unspecified atom stereocenters. The minimum absolute atomic E-state index is 0.317. The summed E-state index contributed by atoms with van der Waals surface area (Å²) in [5.41, 5.74) is 1.51. The number of rotatable bonds is 4. The van der Waals surface area contributed by atoms with Crippen LogP contribution in [0.25, 0.3) is 0 Å². The zero-order valence-corrected chi connectivity index (χ0v) is 11.8. The van der Waals surface area contributed by atoms with Crippen molar-refractivity contribution in [3.63, 3.8) is 0 Å². The van der Waals surface area contributed by atoms with Gasteiger partial charge >= 0.3 is 0 Å². The fourth-order valence-corrected chi connectivity index (χ4v) is 3.51. The molecule has 1 heterocycles. The maximum absolute atomic E-state index is 12.0. The zero-order chi connectivity index (χ0) is 13.2. The van der Waals surface area contributed by atoms with E-state index in [1.54, 1.807) is 29.6 Å². The van der Waals surface area contributed by atoms with Gasteiger partial charge in [-0.05, 0) is 29.6 Å². The monoisotopic (exact) mass is 282 g/mol. The van der Waals surface area contributed by atoms with Crippen LogP contribution in [-0.4, -0.2) is 22.5 Å². The second-order valence-electron chi connectivity index (χ2n) is 3.98. The Morgan fingerprint density at radius 3 is 2.56 bits per heavy atom. The van der Waals surface area contributed by atoms with Crippen molar-refractivity contribution < 1.29 is 8.42 Å². The molecule has 6 heteroatoms. The Balaban J connectivity index is 2.27. The van der Waals surface area contributed by atoms with E-state index >= 15 is 0 Å². The highest BCUT2D eigenvalue weighted by molar-refractivity contribution is 7.94. The zero-order valence-electron chi connectivity index (χ0n) is 10.1. The third kappa shape index (κ3) is 2.83. The van der Waals surface area contributed by atoms with E-state index in [9.17, 15) is 8.42 Å². The Morgan fingerprint density at radius 2 is 1.94 bits per heavy atom. The number of hydrogen-bond acceptors (Lipinski definition) is 4. The van der Waals surface area contributed by atoms with Gasteiger partial charge in [0.25, 0.3) is 10.0 Å². The molecule has 18 heavy (non-hydrogen) atoms. The van der Waals surface area contributed by atoms with Crippen LogP contribution in [0.2, 0.25) is 0 Å². The Kier molecular flexibility index (Phi) is 3.58. The molecule has 0 radical (unpaired) electrons. The molecular formula is C12H14N2O2S2. The maximum Gasteiger partial charge on any atom is 0.271 e. The summed E-state index contributed by atoms with van der Waals surface area (Å²) in [4.78, 5) is 1.92. The van der Waals surface area contributed by atoms with Gasteiger partial charge < -0.3 is 4.90 Å². The predicted octanol–water partition coefficient (Wildman–Crippen LogP) is 2.61. The first-order valence-corrected chi connectivity index (χ1v) is 7.69. The summed E-state index contributed by atoms with van der Waals surface area (Å²) in [6, 6.07) is 10.6. The minimum Gasteiger partial charge on any atom is -0.378 e. The summed E-state index contributed by atoms with van der Waals surface area (Å²) in [6.07, 6.45) is 0. The van der Waals surface area contributed by atoms with Crippen LogP contribution in [-0.2, 0) is 10.0 Å². The van der Waals surface area contributed by atoms with E-state index in [4.69, 9.17) is 0 Å². The number of thiophene rings is 1. The quantitative estimate of drug-likeness (QED) is 0.938. The molecular weight excluding hydrogens is 268 g/mol. The van der Waals surface area contributed by atoms with Gasteiger partial charge in [-0.1, -0.05) is 12.1 Å². The second-order valence-corrected chi connectivity index (χ2v) is 6.84. The predicted molar refractivity (Wildman–Crippen MR) is 75.9 cm³/mol. The van der Waals surface area contributed by atoms with Crippen LogP contribution in [0.4, 0.5) is 11.4 Å². The fraction of sp³-hybridized carbons (Fsp3) is 0.167. The van der Waals surface area contributed by atoms with Crippen LogP contribution in [0.15, 0.2) is 46.0 Å². The lowest BCUT2D eigenvalue weighted by molar-refractivity contribution is 0.603. The first kappa shape index (κ1) is 12.9. The van der Waals surface area contributed by atoms with E-state index in [2.05, 4.69) is 4.72 Å². The highest BCUT2D eigenvalue weighted by Crippen LogP contribution is 2.22. The molecule has 0 saturated carbocycles. The molecule has 0 aliphatic rings. The minimum atomic E-state index is -3.46. The summed E-state index contributed by atoms with van der Waals surface area (Å²) in [5, 5.41) is 1.74. The van der Waals surface area contributed by atoms with Crippen LogP contribution in [0.1, 0.15) is 0 Å². The summed E-state index contributed by atoms with van der Waals surface area (Å²) in [6.45, 7) is 0. The van der Waals surface area contributed by atoms with Gasteiger partial charge in [0.05, 0.1) is 5.69 Å². The van der Waals surface area contributed by atoms with E-state index in [-0.39, 0.29) is 0 Å². The van der Waals surface area contributed by atoms with Gasteiger partial charge in [0, 0.05) is 19.8 Å². The van der Waals surface area contributed by atoms with Gasteiger partial charge in [-0.15, -0.1) is 11.3 Å². The molecule has 0 saturated heterocycles. The third-order valence-electron chi connectivity index (χ3n) is 2.37. The summed E-state index contributed by atoms with van der Waals surface area (Å²) in [7, 11) is 0.357.